The molecular formula is C18H19F4N5O. The lowest BCUT2D eigenvalue weighted by Crippen LogP contribution is -2.27. The first-order chi connectivity index (χ1) is 13.3. The van der Waals surface area contributed by atoms with Gasteiger partial charge in [-0.2, -0.15) is 13.2 Å². The van der Waals surface area contributed by atoms with Crippen LogP contribution in [0.15, 0.2) is 30.6 Å². The van der Waals surface area contributed by atoms with E-state index in [4.69, 9.17) is 0 Å². The number of hydrogen-bond donors (Lipinski definition) is 3. The molecule has 0 bridgehead atoms. The third-order valence-corrected chi connectivity index (χ3v) is 4.50. The second-order valence-electron chi connectivity index (χ2n) is 6.45. The number of nitrogens with zero attached hydrogens (tertiary/aromatic N) is 2. The van der Waals surface area contributed by atoms with Gasteiger partial charge in [-0.3, -0.25) is 4.79 Å². The molecule has 1 fully saturated rings. The van der Waals surface area contributed by atoms with Gasteiger partial charge in [0.1, 0.15) is 17.8 Å². The summed E-state index contributed by atoms with van der Waals surface area (Å²) >= 11 is 0. The molecule has 1 aliphatic carbocycles. The highest BCUT2D eigenvalue weighted by atomic mass is 19.4. The van der Waals surface area contributed by atoms with Crippen LogP contribution in [0.4, 0.5) is 34.9 Å². The fourth-order valence-corrected chi connectivity index (χ4v) is 3.00. The van der Waals surface area contributed by atoms with Crippen LogP contribution in [-0.2, 0) is 6.18 Å². The average molecular weight is 397 g/mol. The second-order valence-corrected chi connectivity index (χ2v) is 6.45. The van der Waals surface area contributed by atoms with E-state index in [9.17, 15) is 22.4 Å². The van der Waals surface area contributed by atoms with E-state index in [0.29, 0.717) is 24.7 Å². The normalized spacial score (nSPS) is 19.3. The highest BCUT2D eigenvalue weighted by Crippen LogP contribution is 2.30. The van der Waals surface area contributed by atoms with Crippen molar-refractivity contribution < 1.29 is 22.4 Å². The minimum Gasteiger partial charge on any atom is -0.379 e. The van der Waals surface area contributed by atoms with Gasteiger partial charge in [0.2, 0.25) is 0 Å². The Morgan fingerprint density at radius 2 is 1.89 bits per heavy atom. The predicted molar refractivity (Wildman–Crippen MR) is 96.3 cm³/mol. The van der Waals surface area contributed by atoms with E-state index in [1.807, 2.05) is 0 Å². The van der Waals surface area contributed by atoms with Crippen molar-refractivity contribution in [3.8, 4) is 0 Å². The summed E-state index contributed by atoms with van der Waals surface area (Å²) in [5.74, 6) is 0.0294. The summed E-state index contributed by atoms with van der Waals surface area (Å²) < 4.78 is 51.9. The summed E-state index contributed by atoms with van der Waals surface area (Å²) in [7, 11) is 1.47. The third-order valence-electron chi connectivity index (χ3n) is 4.50. The van der Waals surface area contributed by atoms with Crippen LogP contribution >= 0.6 is 0 Å². The van der Waals surface area contributed by atoms with Crippen LogP contribution in [-0.4, -0.2) is 35.1 Å². The molecule has 0 aliphatic heterocycles. The number of amides is 1. The Hall–Kier alpha value is -2.91. The maximum Gasteiger partial charge on any atom is 0.417 e. The van der Waals surface area contributed by atoms with E-state index in [-0.39, 0.29) is 23.1 Å². The van der Waals surface area contributed by atoms with Crippen molar-refractivity contribution in [1.82, 2.24) is 15.3 Å². The highest BCUT2D eigenvalue weighted by Gasteiger charge is 2.31. The summed E-state index contributed by atoms with van der Waals surface area (Å²) in [6, 6.07) is 3.18. The number of halogens is 4. The number of hydrogen-bond acceptors (Lipinski definition) is 5. The van der Waals surface area contributed by atoms with E-state index in [1.54, 1.807) is 0 Å². The van der Waals surface area contributed by atoms with Gasteiger partial charge in [-0.05, 0) is 31.4 Å². The highest BCUT2D eigenvalue weighted by molar-refractivity contribution is 5.99. The Morgan fingerprint density at radius 3 is 2.46 bits per heavy atom. The van der Waals surface area contributed by atoms with Gasteiger partial charge in [-0.25, -0.2) is 14.4 Å². The molecular weight excluding hydrogens is 378 g/mol. The molecule has 1 aliphatic rings. The van der Waals surface area contributed by atoms with Crippen molar-refractivity contribution in [2.45, 2.75) is 37.7 Å². The topological polar surface area (TPSA) is 78.9 Å². The van der Waals surface area contributed by atoms with Crippen LogP contribution in [0, 0.1) is 0 Å². The molecule has 10 heteroatoms. The molecule has 6 nitrogen and oxygen atoms in total. The Kier molecular flexibility index (Phi) is 5.66. The number of alkyl halides is 4. The summed E-state index contributed by atoms with van der Waals surface area (Å²) in [6.07, 6.45) is -1.61. The molecule has 3 N–H and O–H groups in total. The number of pyridine rings is 2. The molecule has 1 saturated carbocycles. The van der Waals surface area contributed by atoms with Crippen molar-refractivity contribution in [2.24, 2.45) is 0 Å². The molecule has 1 amide bonds. The minimum absolute atomic E-state index is 0.156. The van der Waals surface area contributed by atoms with Crippen molar-refractivity contribution >= 4 is 23.2 Å². The van der Waals surface area contributed by atoms with Gasteiger partial charge < -0.3 is 16.0 Å². The number of anilines is 3. The maximum atomic E-state index is 14.0. The van der Waals surface area contributed by atoms with Crippen molar-refractivity contribution in [3.05, 3.63) is 41.7 Å². The molecule has 0 spiro atoms. The minimum atomic E-state index is -4.47. The lowest BCUT2D eigenvalue weighted by atomic mass is 10.1. The van der Waals surface area contributed by atoms with Crippen LogP contribution in [0.25, 0.3) is 0 Å². The SMILES string of the molecule is CNC(=O)c1cnc(Nc2ccc(C(F)(F)F)cn2)cc1N[C@@H]1CCC[C@@H]1F. The molecule has 2 atom stereocenters. The molecule has 0 unspecified atom stereocenters. The lowest BCUT2D eigenvalue weighted by Gasteiger charge is -2.19. The van der Waals surface area contributed by atoms with Crippen molar-refractivity contribution in [2.75, 3.05) is 17.7 Å². The zero-order valence-corrected chi connectivity index (χ0v) is 15.0. The van der Waals surface area contributed by atoms with Crippen LogP contribution in [0.3, 0.4) is 0 Å². The number of carbonyl (C=O) groups excluding carboxylic acids is 1. The smallest absolute Gasteiger partial charge is 0.379 e. The van der Waals surface area contributed by atoms with Crippen molar-refractivity contribution in [1.29, 1.82) is 0 Å². The summed E-state index contributed by atoms with van der Waals surface area (Å²) in [4.78, 5) is 19.9. The Balaban J connectivity index is 1.83. The van der Waals surface area contributed by atoms with E-state index in [2.05, 4.69) is 25.9 Å². The van der Waals surface area contributed by atoms with Crippen LogP contribution in [0.2, 0.25) is 0 Å². The number of nitrogens with one attached hydrogen (secondary N) is 3. The van der Waals surface area contributed by atoms with E-state index < -0.39 is 24.0 Å². The first-order valence-corrected chi connectivity index (χ1v) is 8.71. The maximum absolute atomic E-state index is 14.0. The largest absolute Gasteiger partial charge is 0.417 e. The Labute approximate surface area is 158 Å². The van der Waals surface area contributed by atoms with Crippen LogP contribution in [0.5, 0.6) is 0 Å². The third kappa shape index (κ3) is 4.49. The second kappa shape index (κ2) is 7.99. The van der Waals surface area contributed by atoms with Crippen molar-refractivity contribution in [3.63, 3.8) is 0 Å². The fourth-order valence-electron chi connectivity index (χ4n) is 3.00. The Morgan fingerprint density at radius 1 is 1.14 bits per heavy atom. The fraction of sp³-hybridized carbons (Fsp3) is 0.389. The standard InChI is InChI=1S/C18H19F4N5O/c1-23-17(28)11-9-25-16(7-14(11)26-13-4-2-3-12(13)19)27-15-6-5-10(8-24-15)18(20,21)22/h5-9,12-13H,2-4H2,1H3,(H,23,28)(H2,24,25,26,27)/t12-,13+/m0/s1. The molecule has 0 saturated heterocycles. The number of aromatic nitrogens is 2. The summed E-state index contributed by atoms with van der Waals surface area (Å²) in [6.45, 7) is 0. The predicted octanol–water partition coefficient (Wildman–Crippen LogP) is 3.90. The first-order valence-electron chi connectivity index (χ1n) is 8.71. The molecule has 0 aromatic carbocycles. The zero-order valence-electron chi connectivity index (χ0n) is 15.0. The number of carbonyl (C=O) groups is 1. The van der Waals surface area contributed by atoms with Crippen LogP contribution < -0.4 is 16.0 Å². The average Bonchev–Trinajstić information content (AvgIpc) is 3.06. The molecule has 3 rings (SSSR count). The molecule has 2 heterocycles. The van der Waals surface area contributed by atoms with Gasteiger partial charge in [0.05, 0.1) is 22.9 Å². The van der Waals surface area contributed by atoms with Gasteiger partial charge in [-0.15, -0.1) is 0 Å². The zero-order chi connectivity index (χ0) is 20.3. The van der Waals surface area contributed by atoms with Gasteiger partial charge >= 0.3 is 6.18 Å². The molecule has 150 valence electrons. The number of rotatable bonds is 5. The quantitative estimate of drug-likeness (QED) is 0.667. The molecule has 0 radical (unpaired) electrons. The van der Waals surface area contributed by atoms with Gasteiger partial charge in [0, 0.05) is 25.5 Å². The molecule has 2 aromatic heterocycles. The van der Waals surface area contributed by atoms with E-state index >= 15 is 0 Å². The monoisotopic (exact) mass is 397 g/mol. The van der Waals surface area contributed by atoms with Gasteiger partial charge in [-0.1, -0.05) is 0 Å². The Bertz CT molecular complexity index is 841. The van der Waals surface area contributed by atoms with Gasteiger partial charge in [0.15, 0.2) is 0 Å². The van der Waals surface area contributed by atoms with E-state index in [0.717, 1.165) is 12.5 Å². The summed E-state index contributed by atoms with van der Waals surface area (Å²) in [5, 5.41) is 8.33. The molecule has 28 heavy (non-hydrogen) atoms. The summed E-state index contributed by atoms with van der Waals surface area (Å²) in [5.41, 5.74) is -0.232. The molecule has 2 aromatic rings. The van der Waals surface area contributed by atoms with Crippen LogP contribution in [0.1, 0.15) is 35.2 Å². The van der Waals surface area contributed by atoms with Gasteiger partial charge in [0.25, 0.3) is 5.91 Å². The van der Waals surface area contributed by atoms with E-state index in [1.165, 1.54) is 25.4 Å². The lowest BCUT2D eigenvalue weighted by molar-refractivity contribution is -0.137. The first kappa shape index (κ1) is 19.8.